The fraction of sp³-hybridized carbons (Fsp3) is 1.00. The molecule has 7 aliphatic rings. The quantitative estimate of drug-likeness (QED) is 0.675. The third kappa shape index (κ3) is 1.06. The monoisotopic (exact) mass is 300 g/mol. The summed E-state index contributed by atoms with van der Waals surface area (Å²) in [6.45, 7) is 0. The van der Waals surface area contributed by atoms with Gasteiger partial charge in [-0.15, -0.1) is 0 Å². The molecule has 7 fully saturated rings. The van der Waals surface area contributed by atoms with Gasteiger partial charge in [0.1, 0.15) is 0 Å². The Morgan fingerprint density at radius 3 is 1.27 bits per heavy atom. The molecule has 14 atom stereocenters. The van der Waals surface area contributed by atoms with Gasteiger partial charge in [0.15, 0.2) is 0 Å². The lowest BCUT2D eigenvalue weighted by molar-refractivity contribution is -0.155. The van der Waals surface area contributed by atoms with Gasteiger partial charge < -0.3 is 10.2 Å². The highest BCUT2D eigenvalue weighted by Gasteiger charge is 2.77. The minimum Gasteiger partial charge on any atom is -0.393 e. The smallest absolute Gasteiger partial charge is 0.0574 e. The van der Waals surface area contributed by atoms with Gasteiger partial charge in [-0.2, -0.15) is 0 Å². The molecule has 120 valence electrons. The molecular weight excluding hydrogens is 272 g/mol. The lowest BCUT2D eigenvalue weighted by Gasteiger charge is -2.61. The number of aliphatic hydroxyl groups is 2. The number of hydrogen-bond acceptors (Lipinski definition) is 2. The van der Waals surface area contributed by atoms with Gasteiger partial charge in [0.25, 0.3) is 0 Å². The summed E-state index contributed by atoms with van der Waals surface area (Å²) in [5.74, 6) is 10.9. The Balaban J connectivity index is 1.28. The average Bonchev–Trinajstić information content (AvgIpc) is 3.22. The summed E-state index contributed by atoms with van der Waals surface area (Å²) >= 11 is 0. The third-order valence-electron chi connectivity index (χ3n) is 10.4. The van der Waals surface area contributed by atoms with Crippen LogP contribution < -0.4 is 0 Å². The minimum atomic E-state index is 0.0309. The van der Waals surface area contributed by atoms with E-state index in [1.165, 1.54) is 25.7 Å². The van der Waals surface area contributed by atoms with Crippen molar-refractivity contribution in [1.82, 2.24) is 0 Å². The topological polar surface area (TPSA) is 40.5 Å². The van der Waals surface area contributed by atoms with Gasteiger partial charge in [0, 0.05) is 0 Å². The summed E-state index contributed by atoms with van der Waals surface area (Å²) < 4.78 is 0. The van der Waals surface area contributed by atoms with Crippen molar-refractivity contribution in [2.75, 3.05) is 0 Å². The normalized spacial score (nSPS) is 75.5. The second-order valence-electron chi connectivity index (χ2n) is 10.2. The van der Waals surface area contributed by atoms with Crippen LogP contribution in [0.25, 0.3) is 0 Å². The Labute approximate surface area is 132 Å². The van der Waals surface area contributed by atoms with Gasteiger partial charge in [0.05, 0.1) is 12.2 Å². The lowest BCUT2D eigenvalue weighted by Crippen LogP contribution is -2.58. The first kappa shape index (κ1) is 12.3. The molecule has 2 N–H and O–H groups in total. The highest BCUT2D eigenvalue weighted by atomic mass is 16.3. The summed E-state index contributed by atoms with van der Waals surface area (Å²) in [5.41, 5.74) is 0. The Bertz CT molecular complexity index is 498. The molecule has 7 aliphatic carbocycles. The molecule has 0 unspecified atom stereocenters. The molecule has 2 heteroatoms. The van der Waals surface area contributed by atoms with E-state index in [1.54, 1.807) is 0 Å². The Kier molecular flexibility index (Phi) is 2.02. The average molecular weight is 300 g/mol. The van der Waals surface area contributed by atoms with Crippen molar-refractivity contribution < 1.29 is 10.2 Å². The van der Waals surface area contributed by atoms with Gasteiger partial charge >= 0.3 is 0 Å². The zero-order chi connectivity index (χ0) is 14.3. The van der Waals surface area contributed by atoms with Crippen molar-refractivity contribution in [2.24, 2.45) is 71.0 Å². The Morgan fingerprint density at radius 1 is 0.409 bits per heavy atom. The van der Waals surface area contributed by atoms with Crippen LogP contribution in [0.4, 0.5) is 0 Å². The molecule has 0 aromatic rings. The standard InChI is InChI=1S/C20H28O2/c21-13-3-1-7-9-5-11(15(7)13)19-17(9)18-10-6-12(20(18)19)16-8(10)2-4-14(16)22/h7-22H,1-6H2/t7-,8+,9-,10+,11+,12-,13-,14+,15-,16+,17+,18-,19+,20-. The van der Waals surface area contributed by atoms with Crippen LogP contribution in [-0.2, 0) is 0 Å². The van der Waals surface area contributed by atoms with Gasteiger partial charge in [-0.05, 0) is 110 Å². The van der Waals surface area contributed by atoms with E-state index >= 15 is 0 Å². The van der Waals surface area contributed by atoms with E-state index < -0.39 is 0 Å². The highest BCUT2D eigenvalue weighted by Crippen LogP contribution is 2.81. The molecule has 0 saturated heterocycles. The van der Waals surface area contributed by atoms with Crippen molar-refractivity contribution in [3.63, 3.8) is 0 Å². The first-order chi connectivity index (χ1) is 10.8. The number of hydrogen-bond donors (Lipinski definition) is 2. The van der Waals surface area contributed by atoms with Crippen LogP contribution in [0.15, 0.2) is 0 Å². The SMILES string of the molecule is O[C@@H]1CC[C@@H]2[C@H]3C[C@H]([C@H]4[C@@H]3[C@H]3[C@H]5C[C@@H]([C@@H]43)[C@@H]3[C@H]5CC[C@@H]3O)[C@@H]21. The maximum atomic E-state index is 10.5. The fourth-order valence-corrected chi connectivity index (χ4v) is 10.4. The largest absolute Gasteiger partial charge is 0.393 e. The molecule has 2 nitrogen and oxygen atoms in total. The van der Waals surface area contributed by atoms with Crippen LogP contribution in [0.2, 0.25) is 0 Å². The van der Waals surface area contributed by atoms with Crippen molar-refractivity contribution in [1.29, 1.82) is 0 Å². The zero-order valence-electron chi connectivity index (χ0n) is 13.2. The van der Waals surface area contributed by atoms with Crippen molar-refractivity contribution in [3.8, 4) is 0 Å². The predicted octanol–water partition coefficient (Wildman–Crippen LogP) is 2.54. The molecule has 0 aromatic heterocycles. The van der Waals surface area contributed by atoms with Crippen LogP contribution in [0.1, 0.15) is 38.5 Å². The second kappa shape index (κ2) is 3.61. The molecular formula is C20H28O2. The molecule has 22 heavy (non-hydrogen) atoms. The van der Waals surface area contributed by atoms with E-state index in [9.17, 15) is 10.2 Å². The molecule has 0 amide bonds. The minimum absolute atomic E-state index is 0.0309. The molecule has 0 aliphatic heterocycles. The van der Waals surface area contributed by atoms with Gasteiger partial charge in [-0.25, -0.2) is 0 Å². The van der Waals surface area contributed by atoms with E-state index in [2.05, 4.69) is 0 Å². The van der Waals surface area contributed by atoms with Gasteiger partial charge in [-0.1, -0.05) is 0 Å². The third-order valence-corrected chi connectivity index (χ3v) is 10.4. The molecule has 4 bridgehead atoms. The van der Waals surface area contributed by atoms with Crippen molar-refractivity contribution in [2.45, 2.75) is 50.7 Å². The predicted molar refractivity (Wildman–Crippen MR) is 81.6 cm³/mol. The lowest BCUT2D eigenvalue weighted by atomic mass is 9.43. The van der Waals surface area contributed by atoms with Crippen LogP contribution in [0.3, 0.4) is 0 Å². The number of rotatable bonds is 0. The summed E-state index contributed by atoms with van der Waals surface area (Å²) in [4.78, 5) is 0. The van der Waals surface area contributed by atoms with E-state index in [0.29, 0.717) is 11.8 Å². The van der Waals surface area contributed by atoms with E-state index in [4.69, 9.17) is 0 Å². The first-order valence-corrected chi connectivity index (χ1v) is 10.1. The summed E-state index contributed by atoms with van der Waals surface area (Å²) in [7, 11) is 0. The maximum Gasteiger partial charge on any atom is 0.0574 e. The van der Waals surface area contributed by atoms with Crippen LogP contribution in [0.5, 0.6) is 0 Å². The summed E-state index contributed by atoms with van der Waals surface area (Å²) in [6.07, 6.45) is 7.82. The fourth-order valence-electron chi connectivity index (χ4n) is 10.4. The zero-order valence-corrected chi connectivity index (χ0v) is 13.2. The number of aliphatic hydroxyl groups excluding tert-OH is 2. The first-order valence-electron chi connectivity index (χ1n) is 10.1. The molecule has 0 aromatic carbocycles. The molecule has 0 radical (unpaired) electrons. The Hall–Kier alpha value is -0.0800. The molecule has 7 saturated carbocycles. The van der Waals surface area contributed by atoms with E-state index in [1.807, 2.05) is 0 Å². The number of fused-ring (bicyclic) bond motifs is 18. The second-order valence-corrected chi connectivity index (χ2v) is 10.2. The molecule has 0 heterocycles. The summed E-state index contributed by atoms with van der Waals surface area (Å²) in [5, 5.41) is 20.9. The van der Waals surface area contributed by atoms with Gasteiger partial charge in [-0.3, -0.25) is 0 Å². The maximum absolute atomic E-state index is 10.5. The van der Waals surface area contributed by atoms with E-state index in [-0.39, 0.29) is 12.2 Å². The van der Waals surface area contributed by atoms with E-state index in [0.717, 1.165) is 72.0 Å². The van der Waals surface area contributed by atoms with Crippen LogP contribution in [0, 0.1) is 71.0 Å². The van der Waals surface area contributed by atoms with Gasteiger partial charge in [0.2, 0.25) is 0 Å². The molecule has 7 rings (SSSR count). The van der Waals surface area contributed by atoms with Crippen LogP contribution in [-0.4, -0.2) is 22.4 Å². The van der Waals surface area contributed by atoms with Crippen molar-refractivity contribution in [3.05, 3.63) is 0 Å². The van der Waals surface area contributed by atoms with Crippen molar-refractivity contribution >= 4 is 0 Å². The van der Waals surface area contributed by atoms with Crippen LogP contribution >= 0.6 is 0 Å². The molecule has 0 spiro atoms. The summed E-state index contributed by atoms with van der Waals surface area (Å²) in [6, 6.07) is 0. The highest BCUT2D eigenvalue weighted by molar-refractivity contribution is 5.25. The Morgan fingerprint density at radius 2 is 0.818 bits per heavy atom.